The van der Waals surface area contributed by atoms with Gasteiger partial charge in [0.1, 0.15) is 11.3 Å². The Labute approximate surface area is 106 Å². The number of benzene rings is 1. The molecule has 0 unspecified atom stereocenters. The van der Waals surface area contributed by atoms with Crippen LogP contribution in [0.25, 0.3) is 11.0 Å². The Bertz CT molecular complexity index is 560. The Kier molecular flexibility index (Phi) is 3.67. The zero-order chi connectivity index (χ0) is 13.1. The lowest BCUT2D eigenvalue weighted by Gasteiger charge is -2.11. The van der Waals surface area contributed by atoms with E-state index in [-0.39, 0.29) is 18.5 Å². The van der Waals surface area contributed by atoms with Gasteiger partial charge in [0.25, 0.3) is 0 Å². The molecule has 0 fully saturated rings. The summed E-state index contributed by atoms with van der Waals surface area (Å²) in [6, 6.07) is 7.94. The van der Waals surface area contributed by atoms with Crippen LogP contribution in [0.1, 0.15) is 31.2 Å². The first kappa shape index (κ1) is 12.6. The smallest absolute Gasteiger partial charge is 0.231 e. The predicted octanol–water partition coefficient (Wildman–Crippen LogP) is 2.13. The maximum absolute atomic E-state index is 10.8. The minimum absolute atomic E-state index is 0.0279. The number of furan rings is 1. The highest BCUT2D eigenvalue weighted by Gasteiger charge is 2.17. The summed E-state index contributed by atoms with van der Waals surface area (Å²) in [5.41, 5.74) is 7.21. The summed E-state index contributed by atoms with van der Waals surface area (Å²) < 4.78 is 5.87. The zero-order valence-electron chi connectivity index (χ0n) is 10.7. The van der Waals surface area contributed by atoms with E-state index < -0.39 is 0 Å². The number of primary amides is 1. The lowest BCUT2D eigenvalue weighted by Crippen LogP contribution is -2.30. The highest BCUT2D eigenvalue weighted by Crippen LogP contribution is 2.30. The number of carbonyl (C=O) groups excluding carboxylic acids is 1. The van der Waals surface area contributed by atoms with E-state index in [2.05, 4.69) is 18.3 Å². The number of carbonyl (C=O) groups is 1. The van der Waals surface area contributed by atoms with Crippen molar-refractivity contribution in [3.8, 4) is 0 Å². The summed E-state index contributed by atoms with van der Waals surface area (Å²) in [7, 11) is 0. The van der Waals surface area contributed by atoms with Gasteiger partial charge in [-0.3, -0.25) is 10.1 Å². The second kappa shape index (κ2) is 5.23. The summed E-state index contributed by atoms with van der Waals surface area (Å²) in [6.45, 7) is 4.22. The molecule has 2 aromatic rings. The van der Waals surface area contributed by atoms with Crippen molar-refractivity contribution in [3.05, 3.63) is 35.6 Å². The number of nitrogens with two attached hydrogens (primary N) is 1. The summed E-state index contributed by atoms with van der Waals surface area (Å²) in [6.07, 6.45) is 0.898. The zero-order valence-corrected chi connectivity index (χ0v) is 10.7. The molecular formula is C14H18N2O2. The van der Waals surface area contributed by atoms with Crippen molar-refractivity contribution in [1.29, 1.82) is 0 Å². The van der Waals surface area contributed by atoms with Gasteiger partial charge in [-0.1, -0.05) is 25.1 Å². The molecule has 0 saturated heterocycles. The quantitative estimate of drug-likeness (QED) is 0.849. The van der Waals surface area contributed by atoms with Gasteiger partial charge in [0, 0.05) is 10.9 Å². The van der Waals surface area contributed by atoms with Crippen LogP contribution in [0.15, 0.2) is 28.7 Å². The number of hydrogen-bond donors (Lipinski definition) is 2. The van der Waals surface area contributed by atoms with Crippen molar-refractivity contribution >= 4 is 16.9 Å². The molecule has 4 nitrogen and oxygen atoms in total. The largest absolute Gasteiger partial charge is 0.459 e. The van der Waals surface area contributed by atoms with Crippen LogP contribution in [0.5, 0.6) is 0 Å². The third-order valence-corrected chi connectivity index (χ3v) is 3.06. The maximum atomic E-state index is 10.8. The number of rotatable bonds is 5. The molecule has 1 aromatic carbocycles. The third kappa shape index (κ3) is 2.38. The summed E-state index contributed by atoms with van der Waals surface area (Å²) in [5.74, 6) is 0.524. The molecule has 0 spiro atoms. The Morgan fingerprint density at radius 2 is 2.17 bits per heavy atom. The molecule has 0 radical (unpaired) electrons. The summed E-state index contributed by atoms with van der Waals surface area (Å²) in [5, 5.41) is 4.21. The van der Waals surface area contributed by atoms with Crippen molar-refractivity contribution in [1.82, 2.24) is 5.32 Å². The van der Waals surface area contributed by atoms with Gasteiger partial charge in [0.05, 0.1) is 12.6 Å². The van der Waals surface area contributed by atoms with Gasteiger partial charge in [-0.05, 0) is 19.4 Å². The van der Waals surface area contributed by atoms with Crippen LogP contribution in [0.3, 0.4) is 0 Å². The fraction of sp³-hybridized carbons (Fsp3) is 0.357. The minimum Gasteiger partial charge on any atom is -0.459 e. The Hall–Kier alpha value is -1.81. The van der Waals surface area contributed by atoms with Crippen molar-refractivity contribution in [2.75, 3.05) is 6.54 Å². The van der Waals surface area contributed by atoms with Gasteiger partial charge < -0.3 is 10.2 Å². The molecule has 96 valence electrons. The maximum Gasteiger partial charge on any atom is 0.231 e. The van der Waals surface area contributed by atoms with E-state index in [1.165, 1.54) is 5.56 Å². The van der Waals surface area contributed by atoms with E-state index in [4.69, 9.17) is 10.2 Å². The van der Waals surface area contributed by atoms with Crippen molar-refractivity contribution in [2.45, 2.75) is 26.3 Å². The van der Waals surface area contributed by atoms with Crippen LogP contribution in [-0.4, -0.2) is 12.5 Å². The number of amides is 1. The molecule has 0 bridgehead atoms. The van der Waals surface area contributed by atoms with Gasteiger partial charge in [-0.2, -0.15) is 0 Å². The SMILES string of the molecule is CCc1c([C@H](C)NCC(N)=O)oc2ccccc12. The summed E-state index contributed by atoms with van der Waals surface area (Å²) >= 11 is 0. The Morgan fingerprint density at radius 3 is 2.83 bits per heavy atom. The topological polar surface area (TPSA) is 68.3 Å². The van der Waals surface area contributed by atoms with Crippen molar-refractivity contribution < 1.29 is 9.21 Å². The van der Waals surface area contributed by atoms with Crippen LogP contribution in [0.2, 0.25) is 0 Å². The lowest BCUT2D eigenvalue weighted by molar-refractivity contribution is -0.117. The fourth-order valence-corrected chi connectivity index (χ4v) is 2.18. The van der Waals surface area contributed by atoms with Crippen LogP contribution in [0, 0.1) is 0 Å². The fourth-order valence-electron chi connectivity index (χ4n) is 2.18. The molecular weight excluding hydrogens is 228 g/mol. The van der Waals surface area contributed by atoms with Gasteiger partial charge in [-0.15, -0.1) is 0 Å². The normalized spacial score (nSPS) is 12.8. The van der Waals surface area contributed by atoms with E-state index in [9.17, 15) is 4.79 Å². The molecule has 1 aromatic heterocycles. The minimum atomic E-state index is -0.365. The molecule has 0 aliphatic carbocycles. The number of nitrogens with one attached hydrogen (secondary N) is 1. The van der Waals surface area contributed by atoms with Crippen LogP contribution < -0.4 is 11.1 Å². The molecule has 0 aliphatic rings. The van der Waals surface area contributed by atoms with Crippen LogP contribution >= 0.6 is 0 Å². The molecule has 3 N–H and O–H groups in total. The standard InChI is InChI=1S/C14H18N2O2/c1-3-10-11-6-4-5-7-12(11)18-14(10)9(2)16-8-13(15)17/h4-7,9,16H,3,8H2,1-2H3,(H2,15,17)/t9-/m0/s1. The lowest BCUT2D eigenvalue weighted by atomic mass is 10.1. The van der Waals surface area contributed by atoms with E-state index in [0.717, 1.165) is 23.2 Å². The second-order valence-electron chi connectivity index (χ2n) is 4.36. The number of para-hydroxylation sites is 1. The van der Waals surface area contributed by atoms with Gasteiger partial charge >= 0.3 is 0 Å². The molecule has 4 heteroatoms. The van der Waals surface area contributed by atoms with Gasteiger partial charge in [-0.25, -0.2) is 0 Å². The van der Waals surface area contributed by atoms with E-state index in [0.29, 0.717) is 0 Å². The average Bonchev–Trinajstić information content (AvgIpc) is 2.74. The molecule has 1 amide bonds. The average molecular weight is 246 g/mol. The van der Waals surface area contributed by atoms with E-state index >= 15 is 0 Å². The third-order valence-electron chi connectivity index (χ3n) is 3.06. The van der Waals surface area contributed by atoms with Crippen molar-refractivity contribution in [3.63, 3.8) is 0 Å². The predicted molar refractivity (Wildman–Crippen MR) is 71.2 cm³/mol. The first-order chi connectivity index (χ1) is 8.63. The first-order valence-corrected chi connectivity index (χ1v) is 6.15. The van der Waals surface area contributed by atoms with Gasteiger partial charge in [0.2, 0.25) is 5.91 Å². The molecule has 0 aliphatic heterocycles. The number of hydrogen-bond acceptors (Lipinski definition) is 3. The number of fused-ring (bicyclic) bond motifs is 1. The van der Waals surface area contributed by atoms with E-state index in [1.807, 2.05) is 25.1 Å². The Balaban J connectivity index is 2.34. The molecule has 0 saturated carbocycles. The van der Waals surface area contributed by atoms with Gasteiger partial charge in [0.15, 0.2) is 0 Å². The Morgan fingerprint density at radius 1 is 1.44 bits per heavy atom. The number of aryl methyl sites for hydroxylation is 1. The van der Waals surface area contributed by atoms with Crippen LogP contribution in [0.4, 0.5) is 0 Å². The van der Waals surface area contributed by atoms with Crippen molar-refractivity contribution in [2.24, 2.45) is 5.73 Å². The highest BCUT2D eigenvalue weighted by atomic mass is 16.3. The first-order valence-electron chi connectivity index (χ1n) is 6.15. The molecule has 18 heavy (non-hydrogen) atoms. The van der Waals surface area contributed by atoms with Crippen LogP contribution in [-0.2, 0) is 11.2 Å². The molecule has 1 heterocycles. The second-order valence-corrected chi connectivity index (χ2v) is 4.36. The monoisotopic (exact) mass is 246 g/mol. The summed E-state index contributed by atoms with van der Waals surface area (Å²) in [4.78, 5) is 10.8. The highest BCUT2D eigenvalue weighted by molar-refractivity contribution is 5.82. The molecule has 2 rings (SSSR count). The van der Waals surface area contributed by atoms with E-state index in [1.54, 1.807) is 0 Å². The molecule has 1 atom stereocenters.